The van der Waals surface area contributed by atoms with E-state index >= 15 is 0 Å². The molecule has 2 amide bonds. The number of hydrogen-bond donors (Lipinski definition) is 0. The van der Waals surface area contributed by atoms with E-state index in [1.807, 2.05) is 9.80 Å². The fraction of sp³-hybridized carbons (Fsp3) is 0.867. The van der Waals surface area contributed by atoms with Gasteiger partial charge < -0.3 is 9.80 Å². The molecule has 2 fully saturated rings. The van der Waals surface area contributed by atoms with Crippen molar-refractivity contribution in [3.63, 3.8) is 0 Å². The van der Waals surface area contributed by atoms with E-state index in [4.69, 9.17) is 0 Å². The Morgan fingerprint density at radius 1 is 1.16 bits per heavy atom. The summed E-state index contributed by atoms with van der Waals surface area (Å²) < 4.78 is 0. The van der Waals surface area contributed by atoms with Crippen LogP contribution in [0.1, 0.15) is 53.4 Å². The smallest absolute Gasteiger partial charge is 0.228 e. The molecule has 2 heterocycles. The minimum absolute atomic E-state index is 0.0445. The molecule has 0 saturated carbocycles. The Balaban J connectivity index is 2.16. The van der Waals surface area contributed by atoms with Gasteiger partial charge in [0.05, 0.1) is 5.92 Å². The highest BCUT2D eigenvalue weighted by Gasteiger charge is 2.47. The fourth-order valence-corrected chi connectivity index (χ4v) is 3.47. The first kappa shape index (κ1) is 14.4. The maximum absolute atomic E-state index is 12.5. The van der Waals surface area contributed by atoms with Crippen LogP contribution >= 0.6 is 0 Å². The Hall–Kier alpha value is -1.06. The molecule has 0 aromatic rings. The number of amides is 2. The third-order valence-electron chi connectivity index (χ3n) is 4.74. The number of nitrogens with zero attached hydrogens (tertiary/aromatic N) is 2. The van der Waals surface area contributed by atoms with Crippen LogP contribution in [0.25, 0.3) is 0 Å². The second kappa shape index (κ2) is 5.14. The molecule has 4 nitrogen and oxygen atoms in total. The zero-order chi connectivity index (χ0) is 14.2. The summed E-state index contributed by atoms with van der Waals surface area (Å²) in [5, 5.41) is 0. The number of carbonyl (C=O) groups excluding carboxylic acids is 2. The predicted octanol–water partition coefficient (Wildman–Crippen LogP) is 2.03. The molecule has 2 aliphatic heterocycles. The number of hydrogen-bond acceptors (Lipinski definition) is 2. The summed E-state index contributed by atoms with van der Waals surface area (Å²) >= 11 is 0. The lowest BCUT2D eigenvalue weighted by atomic mass is 9.83. The van der Waals surface area contributed by atoms with Crippen molar-refractivity contribution >= 4 is 11.8 Å². The SMILES string of the molecule is CC(C)N1CCC(C(C)(C)N2CCCCC2=O)C1=O. The zero-order valence-electron chi connectivity index (χ0n) is 12.6. The highest BCUT2D eigenvalue weighted by Crippen LogP contribution is 2.35. The summed E-state index contributed by atoms with van der Waals surface area (Å²) in [6.45, 7) is 9.85. The molecule has 2 saturated heterocycles. The van der Waals surface area contributed by atoms with Gasteiger partial charge in [-0.2, -0.15) is 0 Å². The van der Waals surface area contributed by atoms with E-state index in [1.165, 1.54) is 0 Å². The molecule has 0 aliphatic carbocycles. The molecule has 1 atom stereocenters. The molecule has 2 rings (SSSR count). The Morgan fingerprint density at radius 2 is 1.84 bits per heavy atom. The Labute approximate surface area is 116 Å². The van der Waals surface area contributed by atoms with Gasteiger partial charge in [0.25, 0.3) is 0 Å². The number of rotatable bonds is 3. The van der Waals surface area contributed by atoms with Crippen LogP contribution < -0.4 is 0 Å². The number of likely N-dealkylation sites (tertiary alicyclic amines) is 2. The van der Waals surface area contributed by atoms with E-state index in [9.17, 15) is 9.59 Å². The maximum atomic E-state index is 12.5. The molecule has 0 aromatic carbocycles. The molecule has 0 aromatic heterocycles. The van der Waals surface area contributed by atoms with Crippen molar-refractivity contribution in [1.29, 1.82) is 0 Å². The zero-order valence-corrected chi connectivity index (χ0v) is 12.6. The highest BCUT2D eigenvalue weighted by atomic mass is 16.2. The average molecular weight is 266 g/mol. The molecule has 0 bridgehead atoms. The lowest BCUT2D eigenvalue weighted by molar-refractivity contribution is -0.145. The minimum atomic E-state index is -0.349. The quantitative estimate of drug-likeness (QED) is 0.784. The van der Waals surface area contributed by atoms with E-state index in [2.05, 4.69) is 27.7 Å². The maximum Gasteiger partial charge on any atom is 0.228 e. The van der Waals surface area contributed by atoms with Gasteiger partial charge in [0.2, 0.25) is 11.8 Å². The molecular formula is C15H26N2O2. The van der Waals surface area contributed by atoms with Gasteiger partial charge in [-0.15, -0.1) is 0 Å². The van der Waals surface area contributed by atoms with Crippen LogP contribution in [0.3, 0.4) is 0 Å². The lowest BCUT2D eigenvalue weighted by Gasteiger charge is -2.44. The Kier molecular flexibility index (Phi) is 3.88. The summed E-state index contributed by atoms with van der Waals surface area (Å²) in [5.41, 5.74) is -0.349. The molecule has 19 heavy (non-hydrogen) atoms. The van der Waals surface area contributed by atoms with Crippen LogP contribution in [-0.2, 0) is 9.59 Å². The van der Waals surface area contributed by atoms with E-state index in [0.29, 0.717) is 6.42 Å². The van der Waals surface area contributed by atoms with Crippen LogP contribution in [0.15, 0.2) is 0 Å². The predicted molar refractivity (Wildman–Crippen MR) is 74.6 cm³/mol. The minimum Gasteiger partial charge on any atom is -0.340 e. The van der Waals surface area contributed by atoms with Gasteiger partial charge >= 0.3 is 0 Å². The largest absolute Gasteiger partial charge is 0.340 e. The first-order chi connectivity index (χ1) is 8.85. The van der Waals surface area contributed by atoms with Crippen molar-refractivity contribution < 1.29 is 9.59 Å². The second-order valence-electron chi connectivity index (χ2n) is 6.62. The number of piperidine rings is 1. The summed E-state index contributed by atoms with van der Waals surface area (Å²) in [7, 11) is 0. The first-order valence-corrected chi connectivity index (χ1v) is 7.46. The summed E-state index contributed by atoms with van der Waals surface area (Å²) in [5.74, 6) is 0.391. The topological polar surface area (TPSA) is 40.6 Å². The van der Waals surface area contributed by atoms with Gasteiger partial charge in [0, 0.05) is 31.1 Å². The molecular weight excluding hydrogens is 240 g/mol. The molecule has 4 heteroatoms. The van der Waals surface area contributed by atoms with Crippen LogP contribution in [0.2, 0.25) is 0 Å². The average Bonchev–Trinajstić information content (AvgIpc) is 2.72. The van der Waals surface area contributed by atoms with Gasteiger partial charge in [-0.05, 0) is 47.0 Å². The number of carbonyl (C=O) groups is 2. The third-order valence-corrected chi connectivity index (χ3v) is 4.74. The highest BCUT2D eigenvalue weighted by molar-refractivity contribution is 5.84. The van der Waals surface area contributed by atoms with Crippen molar-refractivity contribution in [2.75, 3.05) is 13.1 Å². The van der Waals surface area contributed by atoms with Crippen molar-refractivity contribution in [2.45, 2.75) is 65.0 Å². The van der Waals surface area contributed by atoms with E-state index in [1.54, 1.807) is 0 Å². The third kappa shape index (κ3) is 2.49. The second-order valence-corrected chi connectivity index (χ2v) is 6.62. The summed E-state index contributed by atoms with van der Waals surface area (Å²) in [6, 6.07) is 0.255. The normalized spacial score (nSPS) is 25.6. The molecule has 0 N–H and O–H groups in total. The molecule has 0 radical (unpaired) electrons. The van der Waals surface area contributed by atoms with Gasteiger partial charge in [-0.1, -0.05) is 0 Å². The van der Waals surface area contributed by atoms with Crippen LogP contribution in [0, 0.1) is 5.92 Å². The van der Waals surface area contributed by atoms with Crippen molar-refractivity contribution in [3.05, 3.63) is 0 Å². The molecule has 0 spiro atoms. The molecule has 108 valence electrons. The standard InChI is InChI=1S/C15H26N2O2/c1-11(2)16-10-8-12(14(16)19)15(3,4)17-9-6-5-7-13(17)18/h11-12H,5-10H2,1-4H3. The summed E-state index contributed by atoms with van der Waals surface area (Å²) in [4.78, 5) is 28.5. The Bertz CT molecular complexity index is 376. The van der Waals surface area contributed by atoms with E-state index in [-0.39, 0.29) is 29.3 Å². The lowest BCUT2D eigenvalue weighted by Crippen LogP contribution is -2.56. The van der Waals surface area contributed by atoms with Crippen LogP contribution in [-0.4, -0.2) is 46.3 Å². The summed E-state index contributed by atoms with van der Waals surface area (Å²) in [6.07, 6.45) is 3.55. The first-order valence-electron chi connectivity index (χ1n) is 7.46. The fourth-order valence-electron chi connectivity index (χ4n) is 3.47. The van der Waals surface area contributed by atoms with Gasteiger partial charge in [0.1, 0.15) is 0 Å². The van der Waals surface area contributed by atoms with Crippen LogP contribution in [0.5, 0.6) is 0 Å². The van der Waals surface area contributed by atoms with Crippen LogP contribution in [0.4, 0.5) is 0 Å². The Morgan fingerprint density at radius 3 is 2.37 bits per heavy atom. The van der Waals surface area contributed by atoms with E-state index in [0.717, 1.165) is 32.4 Å². The van der Waals surface area contributed by atoms with Gasteiger partial charge in [0.15, 0.2) is 0 Å². The monoisotopic (exact) mass is 266 g/mol. The molecule has 1 unspecified atom stereocenters. The van der Waals surface area contributed by atoms with E-state index < -0.39 is 0 Å². The van der Waals surface area contributed by atoms with Gasteiger partial charge in [-0.25, -0.2) is 0 Å². The van der Waals surface area contributed by atoms with Crippen molar-refractivity contribution in [1.82, 2.24) is 9.80 Å². The van der Waals surface area contributed by atoms with Gasteiger partial charge in [-0.3, -0.25) is 9.59 Å². The van der Waals surface area contributed by atoms with Crippen molar-refractivity contribution in [3.8, 4) is 0 Å². The molecule has 2 aliphatic rings. The van der Waals surface area contributed by atoms with Crippen molar-refractivity contribution in [2.24, 2.45) is 5.92 Å².